The number of esters is 1. The number of nitrogens with zero attached hydrogens (tertiary/aromatic N) is 1. The van der Waals surface area contributed by atoms with Gasteiger partial charge in [-0.25, -0.2) is 4.79 Å². The number of para-hydroxylation sites is 1. The minimum absolute atomic E-state index is 0.0136. The fourth-order valence-electron chi connectivity index (χ4n) is 3.25. The Morgan fingerprint density at radius 1 is 1.29 bits per heavy atom. The Hall–Kier alpha value is -1.72. The Balaban J connectivity index is 1.75. The number of ether oxygens (including phenoxy) is 2. The van der Waals surface area contributed by atoms with Crippen molar-refractivity contribution in [1.29, 1.82) is 0 Å². The third kappa shape index (κ3) is 6.69. The molecule has 13 heteroatoms. The van der Waals surface area contributed by atoms with Gasteiger partial charge in [-0.15, -0.1) is 11.8 Å². The Bertz CT molecular complexity index is 1030. The van der Waals surface area contributed by atoms with Crippen LogP contribution in [0.5, 0.6) is 5.75 Å². The van der Waals surface area contributed by atoms with E-state index < -0.39 is 50.4 Å². The van der Waals surface area contributed by atoms with Crippen molar-refractivity contribution >= 4 is 75.1 Å². The van der Waals surface area contributed by atoms with Crippen molar-refractivity contribution in [1.82, 2.24) is 10.2 Å². The number of rotatable bonds is 9. The fourth-order valence-corrected chi connectivity index (χ4v) is 5.50. The van der Waals surface area contributed by atoms with E-state index in [1.807, 2.05) is 6.92 Å². The molecule has 0 saturated carbocycles. The molecule has 8 nitrogen and oxygen atoms in total. The molecule has 3 rings (SSSR count). The summed E-state index contributed by atoms with van der Waals surface area (Å²) in [6.07, 6.45) is 1.61. The first kappa shape index (κ1) is 26.9. The van der Waals surface area contributed by atoms with Gasteiger partial charge in [-0.05, 0) is 34.9 Å². The second-order valence-electron chi connectivity index (χ2n) is 7.09. The molecule has 0 aromatic heterocycles. The molecule has 1 N–H and O–H groups in total. The first-order chi connectivity index (χ1) is 16.1. The predicted molar refractivity (Wildman–Crippen MR) is 133 cm³/mol. The zero-order chi connectivity index (χ0) is 24.9. The summed E-state index contributed by atoms with van der Waals surface area (Å²) in [5.41, 5.74) is 0.276. The van der Waals surface area contributed by atoms with Crippen molar-refractivity contribution in [3.8, 4) is 5.75 Å². The normalized spacial score (nSPS) is 22.3. The van der Waals surface area contributed by atoms with Crippen molar-refractivity contribution in [2.75, 3.05) is 24.7 Å². The third-order valence-electron chi connectivity index (χ3n) is 4.68. The van der Waals surface area contributed by atoms with Crippen LogP contribution in [0.4, 0.5) is 0 Å². The molecule has 2 unspecified atom stereocenters. The number of benzene rings is 1. The Kier molecular flexibility index (Phi) is 9.34. The maximum Gasteiger partial charge on any atom is 0.355 e. The number of alkyl halides is 3. The van der Waals surface area contributed by atoms with Crippen LogP contribution in [0.3, 0.4) is 0 Å². The Morgan fingerprint density at radius 3 is 2.65 bits per heavy atom. The lowest BCUT2D eigenvalue weighted by Gasteiger charge is -2.49. The van der Waals surface area contributed by atoms with Gasteiger partial charge in [0.05, 0.1) is 16.6 Å². The summed E-state index contributed by atoms with van der Waals surface area (Å²) in [7, 11) is -1.58. The van der Waals surface area contributed by atoms with Gasteiger partial charge in [-0.2, -0.15) is 0 Å². The van der Waals surface area contributed by atoms with Crippen LogP contribution in [-0.4, -0.2) is 66.8 Å². The highest BCUT2D eigenvalue weighted by molar-refractivity contribution is 8.02. The minimum Gasteiger partial charge on any atom is -0.484 e. The third-order valence-corrected chi connectivity index (χ3v) is 7.28. The van der Waals surface area contributed by atoms with Crippen LogP contribution in [0.25, 0.3) is 0 Å². The molecule has 34 heavy (non-hydrogen) atoms. The monoisotopic (exact) mass is 566 g/mol. The van der Waals surface area contributed by atoms with Crippen molar-refractivity contribution in [3.63, 3.8) is 0 Å². The number of hydrogen-bond donors (Lipinski definition) is 1. The van der Waals surface area contributed by atoms with Crippen LogP contribution in [0.1, 0.15) is 6.92 Å². The molecule has 3 atom stereocenters. The number of carbonyl (C=O) groups excluding carboxylic acids is 3. The molecule has 1 aromatic rings. The van der Waals surface area contributed by atoms with E-state index in [0.717, 1.165) is 10.7 Å². The summed E-state index contributed by atoms with van der Waals surface area (Å²) >= 11 is 18.5. The van der Waals surface area contributed by atoms with E-state index in [-0.39, 0.29) is 18.1 Å². The average molecular weight is 568 g/mol. The molecule has 0 radical (unpaired) electrons. The molecule has 2 heterocycles. The van der Waals surface area contributed by atoms with E-state index in [4.69, 9.17) is 44.3 Å². The van der Waals surface area contributed by atoms with Gasteiger partial charge in [-0.3, -0.25) is 18.7 Å². The highest BCUT2D eigenvalue weighted by atomic mass is 35.6. The average Bonchev–Trinajstić information content (AvgIpc) is 2.79. The second kappa shape index (κ2) is 11.8. The van der Waals surface area contributed by atoms with Crippen LogP contribution in [0, 0.1) is 0 Å². The maximum atomic E-state index is 12.9. The van der Waals surface area contributed by atoms with Crippen molar-refractivity contribution < 1.29 is 28.1 Å². The molecule has 1 saturated heterocycles. The number of thioether (sulfide) groups is 1. The Morgan fingerprint density at radius 2 is 2.00 bits per heavy atom. The van der Waals surface area contributed by atoms with E-state index >= 15 is 0 Å². The molecule has 0 aliphatic carbocycles. The van der Waals surface area contributed by atoms with E-state index in [0.29, 0.717) is 11.3 Å². The molecular weight excluding hydrogens is 547 g/mol. The van der Waals surface area contributed by atoms with E-state index in [2.05, 4.69) is 5.32 Å². The molecule has 1 fully saturated rings. The van der Waals surface area contributed by atoms with Crippen molar-refractivity contribution in [3.05, 3.63) is 53.1 Å². The van der Waals surface area contributed by atoms with Gasteiger partial charge in [0.15, 0.2) is 6.61 Å². The van der Waals surface area contributed by atoms with Crippen LogP contribution in [0.2, 0.25) is 0 Å². The molecule has 0 spiro atoms. The number of hydrogen-bond acceptors (Lipinski definition) is 7. The fraction of sp³-hybridized carbons (Fsp3) is 0.381. The largest absolute Gasteiger partial charge is 0.484 e. The molecule has 1 aromatic carbocycles. The molecule has 0 bridgehead atoms. The van der Waals surface area contributed by atoms with Crippen LogP contribution >= 0.6 is 46.6 Å². The van der Waals surface area contributed by atoms with Crippen LogP contribution in [-0.2, 0) is 29.9 Å². The van der Waals surface area contributed by atoms with Crippen LogP contribution < -0.4 is 10.1 Å². The summed E-state index contributed by atoms with van der Waals surface area (Å²) < 4.78 is 21.6. The number of carbonyl (C=O) groups is 3. The smallest absolute Gasteiger partial charge is 0.355 e. The van der Waals surface area contributed by atoms with Gasteiger partial charge in [0, 0.05) is 0 Å². The van der Waals surface area contributed by atoms with Crippen LogP contribution in [0.15, 0.2) is 53.1 Å². The standard InChI is InChI=1S/C21H21Cl3N2O6S2/c1-2-33-9-8-13-11-34(30)19-16(25-15(27)10-31-14-6-4-3-5-7-14)18(28)26(19)17(13)20(29)32-12-21(22,23)24/h3-9,16,19H,2,10-12H2,1H3,(H,25,27)/t16?,19-,34?/m0/s1. The molecule has 2 amide bonds. The summed E-state index contributed by atoms with van der Waals surface area (Å²) in [6, 6.07) is 7.62. The summed E-state index contributed by atoms with van der Waals surface area (Å²) in [5.74, 6) is -0.789. The highest BCUT2D eigenvalue weighted by Crippen LogP contribution is 2.36. The molecule has 2 aliphatic heterocycles. The number of β-lactam (4-membered cyclic amide) rings is 1. The van der Waals surface area contributed by atoms with Gasteiger partial charge in [0.2, 0.25) is 3.79 Å². The number of fused-ring (bicyclic) bond motifs is 1. The predicted octanol–water partition coefficient (Wildman–Crippen LogP) is 2.92. The van der Waals surface area contributed by atoms with Gasteiger partial charge in [0.1, 0.15) is 29.5 Å². The first-order valence-electron chi connectivity index (χ1n) is 10.0. The maximum absolute atomic E-state index is 12.9. The number of halogens is 3. The van der Waals surface area contributed by atoms with Gasteiger partial charge in [-0.1, -0.05) is 59.9 Å². The van der Waals surface area contributed by atoms with Gasteiger partial charge >= 0.3 is 5.97 Å². The summed E-state index contributed by atoms with van der Waals surface area (Å²) in [5, 5.41) is 3.35. The summed E-state index contributed by atoms with van der Waals surface area (Å²) in [6.45, 7) is 1.08. The molecular formula is C21H21Cl3N2O6S2. The summed E-state index contributed by atoms with van der Waals surface area (Å²) in [4.78, 5) is 39.2. The van der Waals surface area contributed by atoms with E-state index in [1.54, 1.807) is 41.8 Å². The van der Waals surface area contributed by atoms with E-state index in [9.17, 15) is 18.6 Å². The Labute approximate surface area is 218 Å². The lowest BCUT2D eigenvalue weighted by molar-refractivity contribution is -0.153. The zero-order valence-corrected chi connectivity index (χ0v) is 21.8. The minimum atomic E-state index is -1.84. The quantitative estimate of drug-likeness (QED) is 0.278. The lowest BCUT2D eigenvalue weighted by Crippen LogP contribution is -2.73. The topological polar surface area (TPSA) is 102 Å². The van der Waals surface area contributed by atoms with Crippen molar-refractivity contribution in [2.24, 2.45) is 0 Å². The highest BCUT2D eigenvalue weighted by Gasteiger charge is 2.57. The number of allylic oxidation sites excluding steroid dienone is 1. The number of amides is 2. The molecule has 2 aliphatic rings. The van der Waals surface area contributed by atoms with Gasteiger partial charge in [0.25, 0.3) is 11.8 Å². The van der Waals surface area contributed by atoms with Crippen molar-refractivity contribution in [2.45, 2.75) is 22.1 Å². The zero-order valence-electron chi connectivity index (χ0n) is 17.9. The number of nitrogens with one attached hydrogen (secondary N) is 1. The molecule has 184 valence electrons. The van der Waals surface area contributed by atoms with E-state index in [1.165, 1.54) is 11.8 Å². The SMILES string of the molecule is CCSC=CC1=C(C(=O)OCC(Cl)(Cl)Cl)N2C(=O)C(NC(=O)COc3ccccc3)[C@@H]2S(=O)C1. The second-order valence-corrected chi connectivity index (χ2v) is 12.3. The first-order valence-corrected chi connectivity index (χ1v) is 13.6. The lowest BCUT2D eigenvalue weighted by atomic mass is 10.0. The van der Waals surface area contributed by atoms with Gasteiger partial charge < -0.3 is 14.8 Å².